The lowest BCUT2D eigenvalue weighted by Crippen LogP contribution is -2.36. The molecule has 5 heteroatoms. The highest BCUT2D eigenvalue weighted by Gasteiger charge is 2.18. The Morgan fingerprint density at radius 3 is 2.27 bits per heavy atom. The second-order valence-electron chi connectivity index (χ2n) is 2.94. The molecule has 1 N–H and O–H groups in total. The van der Waals surface area contributed by atoms with Crippen LogP contribution in [0.2, 0.25) is 0 Å². The van der Waals surface area contributed by atoms with Crippen LogP contribution in [0.15, 0.2) is 0 Å². The van der Waals surface area contributed by atoms with E-state index in [1.54, 1.807) is 20.9 Å². The number of hydrogen-bond acceptors (Lipinski definition) is 5. The summed E-state index contributed by atoms with van der Waals surface area (Å²) in [4.78, 5) is 22.3. The average Bonchev–Trinajstić information content (AvgIpc) is 2.19. The van der Waals surface area contributed by atoms with Crippen molar-refractivity contribution >= 4 is 11.9 Å². The molecule has 0 unspecified atom stereocenters. The van der Waals surface area contributed by atoms with Crippen LogP contribution < -0.4 is 5.32 Å². The van der Waals surface area contributed by atoms with Gasteiger partial charge >= 0.3 is 11.9 Å². The maximum absolute atomic E-state index is 11.3. The summed E-state index contributed by atoms with van der Waals surface area (Å²) in [6, 6.07) is -0.436. The van der Waals surface area contributed by atoms with E-state index in [-0.39, 0.29) is 18.4 Å². The summed E-state index contributed by atoms with van der Waals surface area (Å²) in [6.07, 6.45) is 0.617. The summed E-state index contributed by atoms with van der Waals surface area (Å²) >= 11 is 0. The molecule has 0 saturated carbocycles. The molecular formula is C10H19NO4. The molecule has 0 bridgehead atoms. The number of hydrogen-bond donors (Lipinski definition) is 1. The van der Waals surface area contributed by atoms with Gasteiger partial charge in [-0.2, -0.15) is 0 Å². The first kappa shape index (κ1) is 13.9. The number of nitrogens with one attached hydrogen (secondary N) is 1. The van der Waals surface area contributed by atoms with Crippen LogP contribution in [0.1, 0.15) is 26.7 Å². The molecule has 0 aliphatic rings. The number of ether oxygens (including phenoxy) is 2. The largest absolute Gasteiger partial charge is 0.466 e. The molecule has 0 aliphatic heterocycles. The highest BCUT2D eigenvalue weighted by atomic mass is 16.5. The smallest absolute Gasteiger partial charge is 0.323 e. The Balaban J connectivity index is 3.89. The Morgan fingerprint density at radius 2 is 1.80 bits per heavy atom. The number of carbonyl (C=O) groups excluding carboxylic acids is 2. The van der Waals surface area contributed by atoms with Crippen molar-refractivity contribution in [1.29, 1.82) is 0 Å². The Kier molecular flexibility index (Phi) is 7.62. The molecule has 5 nitrogen and oxygen atoms in total. The van der Waals surface area contributed by atoms with E-state index < -0.39 is 6.04 Å². The van der Waals surface area contributed by atoms with Gasteiger partial charge in [-0.1, -0.05) is 0 Å². The van der Waals surface area contributed by atoms with Crippen molar-refractivity contribution in [2.75, 3.05) is 20.3 Å². The molecule has 15 heavy (non-hydrogen) atoms. The first-order valence-corrected chi connectivity index (χ1v) is 5.15. The van der Waals surface area contributed by atoms with Crippen molar-refractivity contribution in [1.82, 2.24) is 5.32 Å². The third-order valence-electron chi connectivity index (χ3n) is 1.86. The summed E-state index contributed by atoms with van der Waals surface area (Å²) in [6.45, 7) is 4.20. The summed E-state index contributed by atoms with van der Waals surface area (Å²) < 4.78 is 9.59. The van der Waals surface area contributed by atoms with Gasteiger partial charge in [-0.15, -0.1) is 0 Å². The van der Waals surface area contributed by atoms with Gasteiger partial charge in [0.2, 0.25) is 0 Å². The monoisotopic (exact) mass is 217 g/mol. The van der Waals surface area contributed by atoms with E-state index in [1.807, 2.05) is 0 Å². The molecule has 0 radical (unpaired) electrons. The predicted molar refractivity (Wildman–Crippen MR) is 55.3 cm³/mol. The number of carbonyl (C=O) groups is 2. The maximum atomic E-state index is 11.3. The van der Waals surface area contributed by atoms with Crippen LogP contribution >= 0.6 is 0 Å². The van der Waals surface area contributed by atoms with E-state index in [0.29, 0.717) is 19.6 Å². The molecule has 0 aliphatic carbocycles. The minimum atomic E-state index is -0.436. The zero-order chi connectivity index (χ0) is 11.7. The van der Waals surface area contributed by atoms with Gasteiger partial charge in [-0.25, -0.2) is 0 Å². The summed E-state index contributed by atoms with van der Waals surface area (Å²) in [5, 5.41) is 2.80. The zero-order valence-corrected chi connectivity index (χ0v) is 9.54. The van der Waals surface area contributed by atoms with Crippen molar-refractivity contribution in [2.45, 2.75) is 32.7 Å². The van der Waals surface area contributed by atoms with E-state index in [4.69, 9.17) is 9.47 Å². The lowest BCUT2D eigenvalue weighted by molar-refractivity contribution is -0.146. The van der Waals surface area contributed by atoms with Crippen molar-refractivity contribution < 1.29 is 19.1 Å². The second kappa shape index (κ2) is 8.23. The Hall–Kier alpha value is -1.10. The molecule has 0 saturated heterocycles. The first-order chi connectivity index (χ1) is 7.15. The van der Waals surface area contributed by atoms with E-state index in [1.165, 1.54) is 0 Å². The third kappa shape index (κ3) is 6.06. The van der Waals surface area contributed by atoms with Crippen molar-refractivity contribution in [3.05, 3.63) is 0 Å². The van der Waals surface area contributed by atoms with E-state index >= 15 is 0 Å². The summed E-state index contributed by atoms with van der Waals surface area (Å²) in [5.41, 5.74) is 0. The van der Waals surface area contributed by atoms with Crippen molar-refractivity contribution in [3.8, 4) is 0 Å². The van der Waals surface area contributed by atoms with Gasteiger partial charge in [0.15, 0.2) is 0 Å². The second-order valence-corrected chi connectivity index (χ2v) is 2.94. The fourth-order valence-electron chi connectivity index (χ4n) is 1.12. The van der Waals surface area contributed by atoms with Gasteiger partial charge in [0.05, 0.1) is 13.2 Å². The van der Waals surface area contributed by atoms with Crippen molar-refractivity contribution in [3.63, 3.8) is 0 Å². The number of likely N-dealkylation sites (N-methyl/N-ethyl adjacent to an activating group) is 1. The highest BCUT2D eigenvalue weighted by Crippen LogP contribution is 2.01. The van der Waals surface area contributed by atoms with E-state index in [0.717, 1.165) is 0 Å². The molecule has 0 aromatic rings. The minimum absolute atomic E-state index is 0.220. The quantitative estimate of drug-likeness (QED) is 0.628. The van der Waals surface area contributed by atoms with Gasteiger partial charge < -0.3 is 14.8 Å². The van der Waals surface area contributed by atoms with E-state index in [2.05, 4.69) is 5.32 Å². The lowest BCUT2D eigenvalue weighted by Gasteiger charge is -2.13. The van der Waals surface area contributed by atoms with Gasteiger partial charge in [-0.3, -0.25) is 9.59 Å². The van der Waals surface area contributed by atoms with Crippen LogP contribution in [-0.2, 0) is 19.1 Å². The van der Waals surface area contributed by atoms with Gasteiger partial charge in [-0.05, 0) is 27.3 Å². The van der Waals surface area contributed by atoms with Gasteiger partial charge in [0.1, 0.15) is 6.04 Å². The summed E-state index contributed by atoms with van der Waals surface area (Å²) in [5.74, 6) is -0.619. The molecule has 0 fully saturated rings. The van der Waals surface area contributed by atoms with Crippen molar-refractivity contribution in [2.24, 2.45) is 0 Å². The molecular weight excluding hydrogens is 198 g/mol. The molecule has 0 spiro atoms. The fraction of sp³-hybridized carbons (Fsp3) is 0.800. The Morgan fingerprint density at radius 1 is 1.20 bits per heavy atom. The lowest BCUT2D eigenvalue weighted by atomic mass is 10.1. The van der Waals surface area contributed by atoms with Crippen LogP contribution in [0.5, 0.6) is 0 Å². The molecule has 0 aromatic heterocycles. The molecule has 0 heterocycles. The van der Waals surface area contributed by atoms with Crippen LogP contribution in [0, 0.1) is 0 Å². The zero-order valence-electron chi connectivity index (χ0n) is 9.54. The number of rotatable bonds is 7. The predicted octanol–water partition coefficient (Wildman–Crippen LogP) is 0.481. The van der Waals surface area contributed by atoms with Crippen LogP contribution in [0.3, 0.4) is 0 Å². The highest BCUT2D eigenvalue weighted by molar-refractivity contribution is 5.77. The third-order valence-corrected chi connectivity index (χ3v) is 1.86. The van der Waals surface area contributed by atoms with Crippen LogP contribution in [-0.4, -0.2) is 38.2 Å². The van der Waals surface area contributed by atoms with Gasteiger partial charge in [0, 0.05) is 6.42 Å². The molecule has 0 amide bonds. The molecule has 88 valence electrons. The Bertz CT molecular complexity index is 206. The number of esters is 2. The average molecular weight is 217 g/mol. The fourth-order valence-corrected chi connectivity index (χ4v) is 1.12. The Labute approximate surface area is 90.1 Å². The topological polar surface area (TPSA) is 64.6 Å². The molecule has 1 atom stereocenters. The van der Waals surface area contributed by atoms with Crippen LogP contribution in [0.25, 0.3) is 0 Å². The molecule has 0 rings (SSSR count). The standard InChI is InChI=1S/C10H19NO4/c1-4-14-9(12)7-6-8(11-3)10(13)15-5-2/h8,11H,4-7H2,1-3H3/t8-/m0/s1. The van der Waals surface area contributed by atoms with E-state index in [9.17, 15) is 9.59 Å². The van der Waals surface area contributed by atoms with Crippen LogP contribution in [0.4, 0.5) is 0 Å². The SMILES string of the molecule is CCOC(=O)CC[C@H](NC)C(=O)OCC. The first-order valence-electron chi connectivity index (χ1n) is 5.15. The normalized spacial score (nSPS) is 11.9. The summed E-state index contributed by atoms with van der Waals surface area (Å²) in [7, 11) is 1.66. The minimum Gasteiger partial charge on any atom is -0.466 e. The molecule has 0 aromatic carbocycles. The maximum Gasteiger partial charge on any atom is 0.323 e. The van der Waals surface area contributed by atoms with Gasteiger partial charge in [0.25, 0.3) is 0 Å².